The Labute approximate surface area is 131 Å². The van der Waals surface area contributed by atoms with Crippen molar-refractivity contribution in [1.29, 1.82) is 10.5 Å². The third kappa shape index (κ3) is 2.12. The molecule has 0 fully saturated rings. The number of nitriles is 2. The molecule has 0 unspecified atom stereocenters. The molecule has 0 aliphatic heterocycles. The van der Waals surface area contributed by atoms with Gasteiger partial charge in [-0.05, 0) is 12.1 Å². The zero-order chi connectivity index (χ0) is 16.7. The largest absolute Gasteiger partial charge is 0.288 e. The molecule has 0 saturated heterocycles. The molecule has 3 aromatic rings. The second-order valence-corrected chi connectivity index (χ2v) is 5.65. The van der Waals surface area contributed by atoms with Crippen molar-refractivity contribution in [3.63, 3.8) is 0 Å². The monoisotopic (exact) mass is 324 g/mol. The van der Waals surface area contributed by atoms with Gasteiger partial charge >= 0.3 is 0 Å². The van der Waals surface area contributed by atoms with Gasteiger partial charge in [0.05, 0.1) is 9.85 Å². The molecule has 0 radical (unpaired) electrons. The molecule has 0 spiro atoms. The maximum Gasteiger partial charge on any atom is 0.288 e. The summed E-state index contributed by atoms with van der Waals surface area (Å²) in [5, 5.41) is 41.3. The Kier molecular flexibility index (Phi) is 3.14. The number of nitrogens with zero attached hydrogens (tertiary/aromatic N) is 4. The van der Waals surface area contributed by atoms with E-state index in [1.807, 2.05) is 0 Å². The Morgan fingerprint density at radius 2 is 1.22 bits per heavy atom. The molecule has 0 saturated carbocycles. The molecular weight excluding hydrogens is 320 g/mol. The van der Waals surface area contributed by atoms with E-state index < -0.39 is 9.85 Å². The lowest BCUT2D eigenvalue weighted by Crippen LogP contribution is -1.92. The molecule has 0 bridgehead atoms. The third-order valence-electron chi connectivity index (χ3n) is 3.34. The summed E-state index contributed by atoms with van der Waals surface area (Å²) in [6.07, 6.45) is 0. The summed E-state index contributed by atoms with van der Waals surface area (Å²) in [7, 11) is 0. The standard InChI is InChI=1S/C14H4N4O4S/c15-5-7-1-9-10-2-8(6-16)12(18(21)22)4-14(10)23-13(9)3-11(7)17(19)20/h1-4H. The first-order chi connectivity index (χ1) is 11.0. The number of benzene rings is 2. The molecule has 1 aromatic heterocycles. The van der Waals surface area contributed by atoms with Crippen molar-refractivity contribution in [3.05, 3.63) is 55.6 Å². The molecule has 2 aromatic carbocycles. The normalized spacial score (nSPS) is 10.3. The van der Waals surface area contributed by atoms with Crippen molar-refractivity contribution in [3.8, 4) is 12.1 Å². The number of hydrogen-bond acceptors (Lipinski definition) is 7. The Morgan fingerprint density at radius 1 is 0.826 bits per heavy atom. The van der Waals surface area contributed by atoms with Crippen molar-refractivity contribution in [2.45, 2.75) is 0 Å². The maximum atomic E-state index is 11.0. The van der Waals surface area contributed by atoms with E-state index in [9.17, 15) is 20.2 Å². The van der Waals surface area contributed by atoms with Crippen LogP contribution in [-0.4, -0.2) is 9.85 Å². The van der Waals surface area contributed by atoms with Crippen LogP contribution in [0.3, 0.4) is 0 Å². The van der Waals surface area contributed by atoms with Gasteiger partial charge in [0.15, 0.2) is 0 Å². The molecule has 23 heavy (non-hydrogen) atoms. The highest BCUT2D eigenvalue weighted by Gasteiger charge is 2.21. The molecule has 1 heterocycles. The minimum absolute atomic E-state index is 0.0981. The quantitative estimate of drug-likeness (QED) is 0.522. The highest BCUT2D eigenvalue weighted by molar-refractivity contribution is 7.25. The van der Waals surface area contributed by atoms with E-state index in [4.69, 9.17) is 10.5 Å². The number of hydrogen-bond donors (Lipinski definition) is 0. The van der Waals surface area contributed by atoms with Crippen LogP contribution in [-0.2, 0) is 0 Å². The summed E-state index contributed by atoms with van der Waals surface area (Å²) in [4.78, 5) is 20.7. The van der Waals surface area contributed by atoms with E-state index in [-0.39, 0.29) is 22.5 Å². The van der Waals surface area contributed by atoms with Crippen LogP contribution in [0.15, 0.2) is 24.3 Å². The Bertz CT molecular complexity index is 1020. The van der Waals surface area contributed by atoms with Gasteiger partial charge in [0.1, 0.15) is 23.3 Å². The van der Waals surface area contributed by atoms with Gasteiger partial charge in [-0.15, -0.1) is 11.3 Å². The van der Waals surface area contributed by atoms with E-state index >= 15 is 0 Å². The first-order valence-electron chi connectivity index (χ1n) is 6.09. The SMILES string of the molecule is N#Cc1cc2c(cc1[N+](=O)[O-])sc1cc([N+](=O)[O-])c(C#N)cc12. The van der Waals surface area contributed by atoms with Crippen molar-refractivity contribution >= 4 is 42.9 Å². The first kappa shape index (κ1) is 14.4. The van der Waals surface area contributed by atoms with Gasteiger partial charge in [-0.3, -0.25) is 20.2 Å². The summed E-state index contributed by atoms with van der Waals surface area (Å²) in [5.74, 6) is 0. The van der Waals surface area contributed by atoms with Gasteiger partial charge < -0.3 is 0 Å². The summed E-state index contributed by atoms with van der Waals surface area (Å²) < 4.78 is 1.05. The second-order valence-electron chi connectivity index (χ2n) is 4.57. The summed E-state index contributed by atoms with van der Waals surface area (Å²) in [6.45, 7) is 0. The smallest absolute Gasteiger partial charge is 0.258 e. The van der Waals surface area contributed by atoms with E-state index in [1.54, 1.807) is 12.1 Å². The minimum Gasteiger partial charge on any atom is -0.258 e. The Morgan fingerprint density at radius 3 is 1.52 bits per heavy atom. The number of rotatable bonds is 2. The molecule has 0 aliphatic rings. The van der Waals surface area contributed by atoms with Crippen LogP contribution in [0.5, 0.6) is 0 Å². The predicted molar refractivity (Wildman–Crippen MR) is 82.1 cm³/mol. The van der Waals surface area contributed by atoms with Gasteiger partial charge in [-0.25, -0.2) is 0 Å². The average Bonchev–Trinajstić information content (AvgIpc) is 2.88. The average molecular weight is 324 g/mol. The lowest BCUT2D eigenvalue weighted by atomic mass is 10.1. The Balaban J connectivity index is 2.45. The molecule has 110 valence electrons. The highest BCUT2D eigenvalue weighted by Crippen LogP contribution is 2.40. The minimum atomic E-state index is -0.647. The second kappa shape index (κ2) is 5.02. The zero-order valence-electron chi connectivity index (χ0n) is 11.1. The van der Waals surface area contributed by atoms with Crippen LogP contribution < -0.4 is 0 Å². The van der Waals surface area contributed by atoms with E-state index in [2.05, 4.69) is 0 Å². The number of nitro benzene ring substituents is 2. The van der Waals surface area contributed by atoms with E-state index in [0.29, 0.717) is 20.2 Å². The van der Waals surface area contributed by atoms with Crippen LogP contribution >= 0.6 is 11.3 Å². The first-order valence-corrected chi connectivity index (χ1v) is 6.91. The van der Waals surface area contributed by atoms with Crippen molar-refractivity contribution in [2.75, 3.05) is 0 Å². The molecule has 0 atom stereocenters. The number of thiophene rings is 1. The molecule has 8 nitrogen and oxygen atoms in total. The van der Waals surface area contributed by atoms with Crippen molar-refractivity contribution in [1.82, 2.24) is 0 Å². The maximum absolute atomic E-state index is 11.0. The fourth-order valence-electron chi connectivity index (χ4n) is 2.33. The number of nitro groups is 2. The zero-order valence-corrected chi connectivity index (χ0v) is 12.0. The van der Waals surface area contributed by atoms with E-state index in [1.165, 1.54) is 24.3 Å². The van der Waals surface area contributed by atoms with Gasteiger partial charge in [0.25, 0.3) is 11.4 Å². The summed E-state index contributed by atoms with van der Waals surface area (Å²) in [6, 6.07) is 8.84. The predicted octanol–water partition coefficient (Wildman–Crippen LogP) is 3.61. The Hall–Kier alpha value is -3.56. The van der Waals surface area contributed by atoms with E-state index in [0.717, 1.165) is 11.3 Å². The fraction of sp³-hybridized carbons (Fsp3) is 0. The van der Waals surface area contributed by atoms with Crippen molar-refractivity contribution in [2.24, 2.45) is 0 Å². The van der Waals surface area contributed by atoms with Crippen molar-refractivity contribution < 1.29 is 9.85 Å². The summed E-state index contributed by atoms with van der Waals surface area (Å²) >= 11 is 1.14. The van der Waals surface area contributed by atoms with Gasteiger partial charge in [0, 0.05) is 32.3 Å². The lowest BCUT2D eigenvalue weighted by molar-refractivity contribution is -0.385. The third-order valence-corrected chi connectivity index (χ3v) is 4.46. The molecule has 0 amide bonds. The molecular formula is C14H4N4O4S. The van der Waals surface area contributed by atoms with Crippen LogP contribution in [0.1, 0.15) is 11.1 Å². The molecule has 0 aliphatic carbocycles. The van der Waals surface area contributed by atoms with Gasteiger partial charge in [-0.1, -0.05) is 0 Å². The van der Waals surface area contributed by atoms with Crippen LogP contribution in [0.2, 0.25) is 0 Å². The van der Waals surface area contributed by atoms with Crippen LogP contribution in [0.25, 0.3) is 20.2 Å². The van der Waals surface area contributed by atoms with Crippen LogP contribution in [0.4, 0.5) is 11.4 Å². The number of fused-ring (bicyclic) bond motifs is 3. The molecule has 0 N–H and O–H groups in total. The van der Waals surface area contributed by atoms with Gasteiger partial charge in [0.2, 0.25) is 0 Å². The highest BCUT2D eigenvalue weighted by atomic mass is 32.1. The molecule has 3 rings (SSSR count). The molecule has 9 heteroatoms. The van der Waals surface area contributed by atoms with Crippen LogP contribution in [0, 0.1) is 42.9 Å². The lowest BCUT2D eigenvalue weighted by Gasteiger charge is -1.97. The summed E-state index contributed by atoms with van der Waals surface area (Å²) in [5.41, 5.74) is -0.832. The topological polar surface area (TPSA) is 134 Å². The fourth-order valence-corrected chi connectivity index (χ4v) is 3.46. The van der Waals surface area contributed by atoms with Gasteiger partial charge in [-0.2, -0.15) is 10.5 Å².